The van der Waals surface area contributed by atoms with Crippen molar-refractivity contribution in [1.82, 2.24) is 4.98 Å². The number of aromatic nitrogens is 1. The fourth-order valence-electron chi connectivity index (χ4n) is 0.984. The molecule has 0 N–H and O–H groups in total. The molecule has 0 aromatic carbocycles. The van der Waals surface area contributed by atoms with Gasteiger partial charge in [0.15, 0.2) is 5.69 Å². The first-order valence-corrected chi connectivity index (χ1v) is 5.54. The average Bonchev–Trinajstić information content (AvgIpc) is 2.33. The van der Waals surface area contributed by atoms with E-state index >= 15 is 0 Å². The zero-order chi connectivity index (χ0) is 12.4. The van der Waals surface area contributed by atoms with Crippen LogP contribution in [0, 0.1) is 0 Å². The molecule has 0 atom stereocenters. The van der Waals surface area contributed by atoms with Crippen LogP contribution < -0.4 is 4.74 Å². The number of hydrogen-bond donors (Lipinski definition) is 0. The number of carbonyl (C=O) groups excluding carboxylic acids is 1. The average molecular weight is 225 g/mol. The van der Waals surface area contributed by atoms with Gasteiger partial charge in [-0.05, 0) is 19.9 Å². The molecule has 0 radical (unpaired) electrons. The smallest absolute Gasteiger partial charge is 0.357 e. The minimum Gasteiger partial charge on any atom is -0.494 e. The Hall–Kier alpha value is -1.58. The lowest BCUT2D eigenvalue weighted by molar-refractivity contribution is 0.0519. The fraction of sp³-hybridized carbons (Fsp3) is 0.500. The summed E-state index contributed by atoms with van der Waals surface area (Å²) in [5.41, 5.74) is 0.276. The first-order valence-electron chi connectivity index (χ1n) is 5.54. The lowest BCUT2D eigenvalue weighted by atomic mass is 10.3. The minimum absolute atomic E-state index is 0.276. The van der Waals surface area contributed by atoms with E-state index in [1.165, 1.54) is 6.20 Å². The predicted octanol–water partition coefficient (Wildman–Crippen LogP) is 2.68. The van der Waals surface area contributed by atoms with Crippen molar-refractivity contribution in [1.29, 1.82) is 0 Å². The molecule has 1 rings (SSSR count). The second kappa shape index (κ2) is 8.71. The van der Waals surface area contributed by atoms with Gasteiger partial charge in [-0.15, -0.1) is 0 Å². The van der Waals surface area contributed by atoms with Crippen molar-refractivity contribution in [2.24, 2.45) is 0 Å². The van der Waals surface area contributed by atoms with Crippen LogP contribution in [0.4, 0.5) is 0 Å². The Morgan fingerprint density at radius 2 is 2.00 bits per heavy atom. The zero-order valence-corrected chi connectivity index (χ0v) is 10.3. The molecule has 16 heavy (non-hydrogen) atoms. The van der Waals surface area contributed by atoms with E-state index in [4.69, 9.17) is 9.47 Å². The molecule has 0 amide bonds. The monoisotopic (exact) mass is 225 g/mol. The molecule has 4 heteroatoms. The lowest BCUT2D eigenvalue weighted by Crippen LogP contribution is -2.07. The van der Waals surface area contributed by atoms with Crippen LogP contribution in [-0.2, 0) is 4.74 Å². The van der Waals surface area contributed by atoms with Crippen molar-refractivity contribution >= 4 is 5.97 Å². The van der Waals surface area contributed by atoms with Gasteiger partial charge < -0.3 is 9.47 Å². The van der Waals surface area contributed by atoms with Gasteiger partial charge in [-0.2, -0.15) is 0 Å². The molecule has 0 saturated carbocycles. The summed E-state index contributed by atoms with van der Waals surface area (Å²) in [5, 5.41) is 0. The standard InChI is InChI=1S/C10H13NO3.C2H6/c1-3-13-8-5-6-11-9(7-8)10(12)14-4-2;1-2/h5-7H,3-4H2,1-2H3;1-2H3. The third-order valence-electron chi connectivity index (χ3n) is 1.53. The van der Waals surface area contributed by atoms with Crippen LogP contribution in [0.15, 0.2) is 18.3 Å². The summed E-state index contributed by atoms with van der Waals surface area (Å²) in [6, 6.07) is 3.27. The van der Waals surface area contributed by atoms with Gasteiger partial charge >= 0.3 is 5.97 Å². The Morgan fingerprint density at radius 1 is 1.31 bits per heavy atom. The van der Waals surface area contributed by atoms with Crippen molar-refractivity contribution in [2.75, 3.05) is 13.2 Å². The van der Waals surface area contributed by atoms with Crippen LogP contribution in [0.2, 0.25) is 0 Å². The number of rotatable bonds is 4. The quantitative estimate of drug-likeness (QED) is 0.739. The molecule has 4 nitrogen and oxygen atoms in total. The van der Waals surface area contributed by atoms with Crippen LogP contribution in [0.5, 0.6) is 5.75 Å². The summed E-state index contributed by atoms with van der Waals surface area (Å²) in [4.78, 5) is 15.1. The summed E-state index contributed by atoms with van der Waals surface area (Å²) < 4.78 is 10.0. The van der Waals surface area contributed by atoms with Crippen molar-refractivity contribution in [2.45, 2.75) is 27.7 Å². The van der Waals surface area contributed by atoms with Crippen LogP contribution in [-0.4, -0.2) is 24.2 Å². The number of esters is 1. The fourth-order valence-corrected chi connectivity index (χ4v) is 0.984. The number of ether oxygens (including phenoxy) is 2. The molecular weight excluding hydrogens is 206 g/mol. The number of pyridine rings is 1. The van der Waals surface area contributed by atoms with Gasteiger partial charge in [0, 0.05) is 12.3 Å². The minimum atomic E-state index is -0.422. The van der Waals surface area contributed by atoms with Gasteiger partial charge in [-0.1, -0.05) is 13.8 Å². The Morgan fingerprint density at radius 3 is 2.56 bits per heavy atom. The summed E-state index contributed by atoms with van der Waals surface area (Å²) in [7, 11) is 0. The first-order chi connectivity index (χ1) is 7.77. The normalized spacial score (nSPS) is 8.75. The van der Waals surface area contributed by atoms with Crippen LogP contribution in [0.3, 0.4) is 0 Å². The molecular formula is C12H19NO3. The van der Waals surface area contributed by atoms with E-state index in [0.717, 1.165) is 0 Å². The number of hydrogen-bond acceptors (Lipinski definition) is 4. The molecule has 0 aliphatic rings. The topological polar surface area (TPSA) is 48.4 Å². The third-order valence-corrected chi connectivity index (χ3v) is 1.53. The molecule has 0 saturated heterocycles. The molecule has 1 aromatic rings. The Balaban J connectivity index is 0.00000106. The van der Waals surface area contributed by atoms with Gasteiger partial charge in [0.05, 0.1) is 13.2 Å². The second-order valence-electron chi connectivity index (χ2n) is 2.53. The van der Waals surface area contributed by atoms with Crippen molar-refractivity contribution < 1.29 is 14.3 Å². The van der Waals surface area contributed by atoms with Gasteiger partial charge in [-0.25, -0.2) is 9.78 Å². The van der Waals surface area contributed by atoms with Crippen LogP contribution in [0.25, 0.3) is 0 Å². The van der Waals surface area contributed by atoms with E-state index in [2.05, 4.69) is 4.98 Å². The van der Waals surface area contributed by atoms with Crippen LogP contribution >= 0.6 is 0 Å². The van der Waals surface area contributed by atoms with E-state index in [1.54, 1.807) is 19.1 Å². The Bertz CT molecular complexity index is 313. The molecule has 90 valence electrons. The van der Waals surface area contributed by atoms with E-state index < -0.39 is 5.97 Å². The molecule has 0 aliphatic carbocycles. The maximum absolute atomic E-state index is 11.3. The maximum Gasteiger partial charge on any atom is 0.357 e. The molecule has 0 unspecified atom stereocenters. The largest absolute Gasteiger partial charge is 0.494 e. The highest BCUT2D eigenvalue weighted by Crippen LogP contribution is 2.11. The number of carbonyl (C=O) groups is 1. The summed E-state index contributed by atoms with van der Waals surface area (Å²) >= 11 is 0. The highest BCUT2D eigenvalue weighted by Gasteiger charge is 2.08. The second-order valence-corrected chi connectivity index (χ2v) is 2.53. The van der Waals surface area contributed by atoms with Gasteiger partial charge in [-0.3, -0.25) is 0 Å². The van der Waals surface area contributed by atoms with Gasteiger partial charge in [0.25, 0.3) is 0 Å². The molecule has 0 bridgehead atoms. The van der Waals surface area contributed by atoms with E-state index in [1.807, 2.05) is 20.8 Å². The molecule has 0 fully saturated rings. The maximum atomic E-state index is 11.3. The summed E-state index contributed by atoms with van der Waals surface area (Å²) in [6.07, 6.45) is 1.53. The lowest BCUT2D eigenvalue weighted by Gasteiger charge is -2.04. The molecule has 1 heterocycles. The van der Waals surface area contributed by atoms with Crippen molar-refractivity contribution in [3.05, 3.63) is 24.0 Å². The van der Waals surface area contributed by atoms with Gasteiger partial charge in [0.1, 0.15) is 5.75 Å². The van der Waals surface area contributed by atoms with Crippen molar-refractivity contribution in [3.8, 4) is 5.75 Å². The van der Waals surface area contributed by atoms with Crippen LogP contribution in [0.1, 0.15) is 38.2 Å². The van der Waals surface area contributed by atoms with E-state index in [0.29, 0.717) is 19.0 Å². The van der Waals surface area contributed by atoms with Crippen molar-refractivity contribution in [3.63, 3.8) is 0 Å². The first kappa shape index (κ1) is 14.4. The molecule has 1 aromatic heterocycles. The Labute approximate surface area is 96.6 Å². The van der Waals surface area contributed by atoms with Gasteiger partial charge in [0.2, 0.25) is 0 Å². The highest BCUT2D eigenvalue weighted by atomic mass is 16.5. The Kier molecular flexibility index (Phi) is 7.85. The zero-order valence-electron chi connectivity index (χ0n) is 10.3. The van der Waals surface area contributed by atoms with E-state index in [-0.39, 0.29) is 5.69 Å². The summed E-state index contributed by atoms with van der Waals surface area (Å²) in [5.74, 6) is 0.208. The predicted molar refractivity (Wildman–Crippen MR) is 62.7 cm³/mol. The molecule has 0 aliphatic heterocycles. The number of nitrogens with zero attached hydrogens (tertiary/aromatic N) is 1. The van der Waals surface area contributed by atoms with E-state index in [9.17, 15) is 4.79 Å². The molecule has 0 spiro atoms. The highest BCUT2D eigenvalue weighted by molar-refractivity contribution is 5.87. The third kappa shape index (κ3) is 4.77. The summed E-state index contributed by atoms with van der Waals surface area (Å²) in [6.45, 7) is 8.54. The SMILES string of the molecule is CC.CCOC(=O)c1cc(OCC)ccn1.